The van der Waals surface area contributed by atoms with Gasteiger partial charge in [-0.1, -0.05) is 60.2 Å². The summed E-state index contributed by atoms with van der Waals surface area (Å²) in [5.74, 6) is 0.433. The second kappa shape index (κ2) is 5.19. The Morgan fingerprint density at radius 2 is 1.90 bits per heavy atom. The third-order valence-corrected chi connectivity index (χ3v) is 8.75. The molecule has 3 unspecified atom stereocenters. The Morgan fingerprint density at radius 3 is 2.77 bits per heavy atom. The van der Waals surface area contributed by atoms with Crippen molar-refractivity contribution in [2.75, 3.05) is 4.90 Å². The summed E-state index contributed by atoms with van der Waals surface area (Å²) in [5.41, 5.74) is 14.1. The Kier molecular flexibility index (Phi) is 2.97. The number of anilines is 1. The fourth-order valence-corrected chi connectivity index (χ4v) is 8.04. The number of aryl methyl sites for hydroxylation is 2. The summed E-state index contributed by atoms with van der Waals surface area (Å²) < 4.78 is 0. The standard InChI is InChI=1S/C29H29N/c1-17-13-18(2)27-19(14-17)15-26-29-23-11-7-5-9-20(23)22(21-10-6-8-12-24(21)29)16-25(29)28(3,4)30(26)27/h5-7,9-11,13-14,16,22,26H,8,12,15H2,1-4H3. The van der Waals surface area contributed by atoms with E-state index in [4.69, 9.17) is 0 Å². The van der Waals surface area contributed by atoms with Crippen LogP contribution >= 0.6 is 0 Å². The minimum atomic E-state index is 0.0292. The normalized spacial score (nSPS) is 31.2. The molecule has 1 saturated heterocycles. The van der Waals surface area contributed by atoms with E-state index in [1.54, 1.807) is 33.4 Å². The monoisotopic (exact) mass is 391 g/mol. The van der Waals surface area contributed by atoms with Gasteiger partial charge >= 0.3 is 0 Å². The average Bonchev–Trinajstić information content (AvgIpc) is 3.22. The zero-order chi connectivity index (χ0) is 20.4. The van der Waals surface area contributed by atoms with Crippen LogP contribution in [0.25, 0.3) is 0 Å². The van der Waals surface area contributed by atoms with Gasteiger partial charge in [-0.25, -0.2) is 0 Å². The van der Waals surface area contributed by atoms with E-state index >= 15 is 0 Å². The van der Waals surface area contributed by atoms with E-state index in [0.717, 1.165) is 6.42 Å². The molecule has 3 atom stereocenters. The molecule has 0 saturated carbocycles. The molecular weight excluding hydrogens is 362 g/mol. The van der Waals surface area contributed by atoms with E-state index in [2.05, 4.69) is 87.2 Å². The van der Waals surface area contributed by atoms with Crippen molar-refractivity contribution >= 4 is 5.69 Å². The predicted molar refractivity (Wildman–Crippen MR) is 124 cm³/mol. The third kappa shape index (κ3) is 1.67. The quantitative estimate of drug-likeness (QED) is 0.467. The molecule has 2 aromatic rings. The van der Waals surface area contributed by atoms with Crippen molar-refractivity contribution < 1.29 is 0 Å². The number of hydrogen-bond acceptors (Lipinski definition) is 1. The lowest BCUT2D eigenvalue weighted by Crippen LogP contribution is -2.48. The average molecular weight is 392 g/mol. The number of fused-ring (bicyclic) bond motifs is 3. The fraction of sp³-hybridized carbons (Fsp3) is 0.379. The molecule has 8 rings (SSSR count). The molecule has 0 N–H and O–H groups in total. The Labute approximate surface area is 179 Å². The maximum Gasteiger partial charge on any atom is 0.0609 e. The van der Waals surface area contributed by atoms with Crippen molar-refractivity contribution in [1.82, 2.24) is 0 Å². The van der Waals surface area contributed by atoms with Crippen LogP contribution in [0.2, 0.25) is 0 Å². The van der Waals surface area contributed by atoms with Crippen LogP contribution in [0.1, 0.15) is 60.4 Å². The molecule has 4 aliphatic carbocycles. The van der Waals surface area contributed by atoms with Crippen molar-refractivity contribution in [3.05, 3.63) is 99.2 Å². The van der Waals surface area contributed by atoms with Gasteiger partial charge in [0, 0.05) is 11.6 Å². The van der Waals surface area contributed by atoms with E-state index in [1.807, 2.05) is 0 Å². The molecule has 1 heteroatoms. The summed E-state index contributed by atoms with van der Waals surface area (Å²) in [7, 11) is 0. The molecule has 1 nitrogen and oxygen atoms in total. The highest BCUT2D eigenvalue weighted by molar-refractivity contribution is 5.81. The number of rotatable bonds is 0. The lowest BCUT2D eigenvalue weighted by Gasteiger charge is -2.51. The highest BCUT2D eigenvalue weighted by atomic mass is 15.3. The summed E-state index contributed by atoms with van der Waals surface area (Å²) in [5, 5.41) is 0. The zero-order valence-corrected chi connectivity index (χ0v) is 18.4. The van der Waals surface area contributed by atoms with E-state index in [9.17, 15) is 0 Å². The summed E-state index contributed by atoms with van der Waals surface area (Å²) in [6.45, 7) is 9.53. The molecular formula is C29H29N. The lowest BCUT2D eigenvalue weighted by molar-refractivity contribution is 0.459. The zero-order valence-electron chi connectivity index (χ0n) is 18.4. The Balaban J connectivity index is 1.59. The summed E-state index contributed by atoms with van der Waals surface area (Å²) in [6, 6.07) is 14.7. The molecule has 1 fully saturated rings. The lowest BCUT2D eigenvalue weighted by atomic mass is 9.51. The van der Waals surface area contributed by atoms with Gasteiger partial charge in [-0.2, -0.15) is 0 Å². The first-order chi connectivity index (χ1) is 14.5. The highest BCUT2D eigenvalue weighted by Gasteiger charge is 2.67. The minimum Gasteiger partial charge on any atom is -0.357 e. The summed E-state index contributed by atoms with van der Waals surface area (Å²) in [4.78, 5) is 2.83. The summed E-state index contributed by atoms with van der Waals surface area (Å²) >= 11 is 0. The van der Waals surface area contributed by atoms with Gasteiger partial charge in [-0.15, -0.1) is 0 Å². The first kappa shape index (κ1) is 17.2. The molecule has 30 heavy (non-hydrogen) atoms. The molecule has 0 radical (unpaired) electrons. The molecule has 2 bridgehead atoms. The molecule has 2 heterocycles. The first-order valence-electron chi connectivity index (χ1n) is 11.6. The fourth-order valence-electron chi connectivity index (χ4n) is 8.04. The minimum absolute atomic E-state index is 0.0292. The number of hydrogen-bond donors (Lipinski definition) is 0. The van der Waals surface area contributed by atoms with Crippen LogP contribution in [0, 0.1) is 13.8 Å². The first-order valence-corrected chi connectivity index (χ1v) is 11.6. The van der Waals surface area contributed by atoms with Crippen LogP contribution in [0.3, 0.4) is 0 Å². The van der Waals surface area contributed by atoms with Crippen LogP contribution in [-0.2, 0) is 11.8 Å². The van der Waals surface area contributed by atoms with E-state index in [1.165, 1.54) is 29.7 Å². The Bertz CT molecular complexity index is 1240. The second-order valence-electron chi connectivity index (χ2n) is 10.6. The molecule has 0 aromatic heterocycles. The van der Waals surface area contributed by atoms with E-state index in [-0.39, 0.29) is 11.0 Å². The molecule has 150 valence electrons. The van der Waals surface area contributed by atoms with Crippen molar-refractivity contribution in [2.24, 2.45) is 0 Å². The third-order valence-electron chi connectivity index (χ3n) is 8.75. The van der Waals surface area contributed by atoms with Gasteiger partial charge in [0.15, 0.2) is 0 Å². The SMILES string of the molecule is Cc1cc(C)c2c(c1)CC1N2C(C)(C)C2=CC3C4=C(CCC=C4)C21c1ccccc13. The molecule has 2 aliphatic heterocycles. The van der Waals surface area contributed by atoms with Crippen molar-refractivity contribution in [1.29, 1.82) is 0 Å². The van der Waals surface area contributed by atoms with Gasteiger partial charge in [0.05, 0.1) is 17.0 Å². The van der Waals surface area contributed by atoms with Gasteiger partial charge in [-0.3, -0.25) is 0 Å². The van der Waals surface area contributed by atoms with Gasteiger partial charge in [0.25, 0.3) is 0 Å². The van der Waals surface area contributed by atoms with Crippen LogP contribution in [0.5, 0.6) is 0 Å². The topological polar surface area (TPSA) is 3.24 Å². The number of nitrogens with zero attached hydrogens (tertiary/aromatic N) is 1. The maximum absolute atomic E-state index is 2.83. The van der Waals surface area contributed by atoms with Gasteiger partial charge in [-0.05, 0) is 85.9 Å². The molecule has 2 aromatic carbocycles. The highest BCUT2D eigenvalue weighted by Crippen LogP contribution is 2.69. The van der Waals surface area contributed by atoms with Crippen LogP contribution < -0.4 is 4.90 Å². The molecule has 1 spiro atoms. The van der Waals surface area contributed by atoms with Crippen molar-refractivity contribution in [2.45, 2.75) is 69.9 Å². The number of allylic oxidation sites excluding steroid dienone is 4. The van der Waals surface area contributed by atoms with Crippen molar-refractivity contribution in [3.8, 4) is 0 Å². The molecule has 0 amide bonds. The van der Waals surface area contributed by atoms with E-state index < -0.39 is 0 Å². The Morgan fingerprint density at radius 1 is 1.07 bits per heavy atom. The smallest absolute Gasteiger partial charge is 0.0609 e. The predicted octanol–water partition coefficient (Wildman–Crippen LogP) is 6.45. The van der Waals surface area contributed by atoms with Crippen molar-refractivity contribution in [3.63, 3.8) is 0 Å². The van der Waals surface area contributed by atoms with E-state index in [0.29, 0.717) is 12.0 Å². The van der Waals surface area contributed by atoms with Gasteiger partial charge in [0.2, 0.25) is 0 Å². The summed E-state index contributed by atoms with van der Waals surface area (Å²) in [6.07, 6.45) is 11.1. The van der Waals surface area contributed by atoms with Crippen LogP contribution in [-0.4, -0.2) is 11.6 Å². The van der Waals surface area contributed by atoms with Crippen LogP contribution in [0.4, 0.5) is 5.69 Å². The second-order valence-corrected chi connectivity index (χ2v) is 10.6. The number of benzene rings is 2. The largest absolute Gasteiger partial charge is 0.357 e. The van der Waals surface area contributed by atoms with Crippen LogP contribution in [0.15, 0.2) is 71.3 Å². The van der Waals surface area contributed by atoms with Gasteiger partial charge < -0.3 is 4.90 Å². The molecule has 6 aliphatic rings. The van der Waals surface area contributed by atoms with Gasteiger partial charge in [0.1, 0.15) is 0 Å². The maximum atomic E-state index is 2.83. The Hall–Kier alpha value is -2.54.